The van der Waals surface area contributed by atoms with E-state index in [-0.39, 0.29) is 5.91 Å². The van der Waals surface area contributed by atoms with Crippen molar-refractivity contribution in [2.75, 3.05) is 26.2 Å². The fourth-order valence-electron chi connectivity index (χ4n) is 2.95. The number of aliphatic hydroxyl groups excluding tert-OH is 1. The number of hydrogen-bond acceptors (Lipinski definition) is 4. The molecule has 0 unspecified atom stereocenters. The fourth-order valence-corrected chi connectivity index (χ4v) is 2.95. The monoisotopic (exact) mass is 314 g/mol. The molecule has 3 rings (SSSR count). The minimum Gasteiger partial charge on any atom is -0.472 e. The molecule has 122 valence electrons. The minimum absolute atomic E-state index is 0.0698. The minimum atomic E-state index is -0.524. The topological polar surface area (TPSA) is 56.9 Å². The Bertz CT molecular complexity index is 612. The van der Waals surface area contributed by atoms with Crippen molar-refractivity contribution in [1.29, 1.82) is 0 Å². The summed E-state index contributed by atoms with van der Waals surface area (Å²) < 4.78 is 5.09. The molecule has 1 aromatic heterocycles. The first kappa shape index (κ1) is 15.8. The van der Waals surface area contributed by atoms with Crippen LogP contribution in [0.15, 0.2) is 53.3 Å². The summed E-state index contributed by atoms with van der Waals surface area (Å²) in [6.07, 6.45) is 3.23. The van der Waals surface area contributed by atoms with Gasteiger partial charge in [0.05, 0.1) is 25.1 Å². The normalized spacial score (nSPS) is 19.5. The number of β-amino-alcohol motifs (C(OH)–C–C–N with tert-alkyl or cyclic N) is 1. The maximum absolute atomic E-state index is 12.5. The van der Waals surface area contributed by atoms with Gasteiger partial charge in [-0.3, -0.25) is 9.69 Å². The SMILES string of the molecule is O=C(Cc1ccccc1)N1CCN(Cc2ccoc2)C[C@H](O)C1. The standard InChI is InChI=1S/C18H22N2O3/c21-17-12-19(11-16-6-9-23-14-16)7-8-20(13-17)18(22)10-15-4-2-1-3-5-15/h1-6,9,14,17,21H,7-8,10-13H2/t17-/m0/s1. The molecule has 5 nitrogen and oxygen atoms in total. The molecule has 1 atom stereocenters. The van der Waals surface area contributed by atoms with E-state index in [1.165, 1.54) is 0 Å². The highest BCUT2D eigenvalue weighted by Gasteiger charge is 2.24. The summed E-state index contributed by atoms with van der Waals surface area (Å²) in [4.78, 5) is 16.4. The number of carbonyl (C=O) groups excluding carboxylic acids is 1. The van der Waals surface area contributed by atoms with Crippen LogP contribution in [0.1, 0.15) is 11.1 Å². The van der Waals surface area contributed by atoms with Gasteiger partial charge in [0.1, 0.15) is 0 Å². The third-order valence-electron chi connectivity index (χ3n) is 4.12. The number of nitrogens with zero attached hydrogens (tertiary/aromatic N) is 2. The highest BCUT2D eigenvalue weighted by Crippen LogP contribution is 2.11. The first-order valence-electron chi connectivity index (χ1n) is 7.94. The molecule has 2 aromatic rings. The summed E-state index contributed by atoms with van der Waals surface area (Å²) in [5, 5.41) is 10.2. The Kier molecular flexibility index (Phi) is 5.10. The lowest BCUT2D eigenvalue weighted by Gasteiger charge is -2.21. The lowest BCUT2D eigenvalue weighted by atomic mass is 10.1. The van der Waals surface area contributed by atoms with Crippen LogP contribution in [0.2, 0.25) is 0 Å². The van der Waals surface area contributed by atoms with Crippen molar-refractivity contribution in [1.82, 2.24) is 9.80 Å². The maximum Gasteiger partial charge on any atom is 0.227 e. The number of carbonyl (C=O) groups is 1. The Morgan fingerprint density at radius 1 is 1.13 bits per heavy atom. The van der Waals surface area contributed by atoms with Crippen LogP contribution in [0.5, 0.6) is 0 Å². The summed E-state index contributed by atoms with van der Waals surface area (Å²) in [5.74, 6) is 0.0698. The van der Waals surface area contributed by atoms with Crippen LogP contribution in [0.3, 0.4) is 0 Å². The molecule has 1 aromatic carbocycles. The van der Waals surface area contributed by atoms with Crippen molar-refractivity contribution in [3.05, 3.63) is 60.1 Å². The van der Waals surface area contributed by atoms with E-state index in [4.69, 9.17) is 4.42 Å². The Labute approximate surface area is 136 Å². The molecule has 1 aliphatic heterocycles. The molecule has 0 spiro atoms. The van der Waals surface area contributed by atoms with Crippen molar-refractivity contribution >= 4 is 5.91 Å². The van der Waals surface area contributed by atoms with Gasteiger partial charge in [0.2, 0.25) is 5.91 Å². The van der Waals surface area contributed by atoms with Crippen LogP contribution in [0.25, 0.3) is 0 Å². The van der Waals surface area contributed by atoms with Gasteiger partial charge in [0, 0.05) is 38.3 Å². The van der Waals surface area contributed by atoms with Crippen molar-refractivity contribution in [3.8, 4) is 0 Å². The average Bonchev–Trinajstić information content (AvgIpc) is 2.97. The van der Waals surface area contributed by atoms with Crippen molar-refractivity contribution < 1.29 is 14.3 Å². The van der Waals surface area contributed by atoms with E-state index in [0.29, 0.717) is 26.1 Å². The molecule has 1 saturated heterocycles. The van der Waals surface area contributed by atoms with Crippen LogP contribution in [0, 0.1) is 0 Å². The van der Waals surface area contributed by atoms with Gasteiger partial charge in [-0.1, -0.05) is 30.3 Å². The van der Waals surface area contributed by atoms with Gasteiger partial charge < -0.3 is 14.4 Å². The number of amides is 1. The quantitative estimate of drug-likeness (QED) is 0.930. The predicted molar refractivity (Wildman–Crippen MR) is 86.7 cm³/mol. The molecular formula is C18H22N2O3. The molecular weight excluding hydrogens is 292 g/mol. The van der Waals surface area contributed by atoms with E-state index in [9.17, 15) is 9.90 Å². The van der Waals surface area contributed by atoms with Crippen LogP contribution in [-0.4, -0.2) is 53.1 Å². The van der Waals surface area contributed by atoms with Crippen molar-refractivity contribution in [2.24, 2.45) is 0 Å². The Morgan fingerprint density at radius 2 is 1.96 bits per heavy atom. The fraction of sp³-hybridized carbons (Fsp3) is 0.389. The number of rotatable bonds is 4. The van der Waals surface area contributed by atoms with Crippen molar-refractivity contribution in [2.45, 2.75) is 19.1 Å². The van der Waals surface area contributed by atoms with Gasteiger partial charge in [0.25, 0.3) is 0 Å². The second kappa shape index (κ2) is 7.44. The highest BCUT2D eigenvalue weighted by molar-refractivity contribution is 5.78. The van der Waals surface area contributed by atoms with Crippen LogP contribution in [-0.2, 0) is 17.8 Å². The molecule has 1 fully saturated rings. The number of furan rings is 1. The second-order valence-corrected chi connectivity index (χ2v) is 6.02. The zero-order chi connectivity index (χ0) is 16.1. The van der Waals surface area contributed by atoms with Crippen molar-refractivity contribution in [3.63, 3.8) is 0 Å². The van der Waals surface area contributed by atoms with E-state index < -0.39 is 6.10 Å². The highest BCUT2D eigenvalue weighted by atomic mass is 16.3. The van der Waals surface area contributed by atoms with E-state index in [1.54, 1.807) is 17.4 Å². The molecule has 1 amide bonds. The molecule has 0 bridgehead atoms. The molecule has 23 heavy (non-hydrogen) atoms. The zero-order valence-electron chi connectivity index (χ0n) is 13.1. The van der Waals surface area contributed by atoms with E-state index in [2.05, 4.69) is 4.90 Å². The summed E-state index contributed by atoms with van der Waals surface area (Å²) in [6.45, 7) is 3.09. The number of benzene rings is 1. The number of aliphatic hydroxyl groups is 1. The van der Waals surface area contributed by atoms with Gasteiger partial charge in [-0.05, 0) is 11.6 Å². The van der Waals surface area contributed by atoms with Gasteiger partial charge in [-0.2, -0.15) is 0 Å². The summed E-state index contributed by atoms with van der Waals surface area (Å²) >= 11 is 0. The lowest BCUT2D eigenvalue weighted by Crippen LogP contribution is -2.38. The summed E-state index contributed by atoms with van der Waals surface area (Å²) in [6, 6.07) is 11.7. The molecule has 1 aliphatic rings. The van der Waals surface area contributed by atoms with Crippen LogP contribution in [0.4, 0.5) is 0 Å². The van der Waals surface area contributed by atoms with E-state index in [0.717, 1.165) is 24.2 Å². The van der Waals surface area contributed by atoms with Gasteiger partial charge in [0.15, 0.2) is 0 Å². The molecule has 0 aliphatic carbocycles. The Hall–Kier alpha value is -2.11. The average molecular weight is 314 g/mol. The molecule has 2 heterocycles. The van der Waals surface area contributed by atoms with E-state index in [1.807, 2.05) is 36.4 Å². The zero-order valence-corrected chi connectivity index (χ0v) is 13.1. The van der Waals surface area contributed by atoms with E-state index >= 15 is 0 Å². The first-order valence-corrected chi connectivity index (χ1v) is 7.94. The Morgan fingerprint density at radius 3 is 2.70 bits per heavy atom. The summed E-state index contributed by atoms with van der Waals surface area (Å²) in [7, 11) is 0. The molecule has 1 N–H and O–H groups in total. The Balaban J connectivity index is 1.58. The van der Waals surface area contributed by atoms with Crippen LogP contribution >= 0.6 is 0 Å². The number of hydrogen-bond donors (Lipinski definition) is 1. The second-order valence-electron chi connectivity index (χ2n) is 6.02. The molecule has 0 radical (unpaired) electrons. The molecule has 5 heteroatoms. The van der Waals surface area contributed by atoms with Crippen LogP contribution < -0.4 is 0 Å². The first-order chi connectivity index (χ1) is 11.2. The predicted octanol–water partition coefficient (Wildman–Crippen LogP) is 1.53. The third kappa shape index (κ3) is 4.43. The third-order valence-corrected chi connectivity index (χ3v) is 4.12. The lowest BCUT2D eigenvalue weighted by molar-refractivity contribution is -0.131. The smallest absolute Gasteiger partial charge is 0.227 e. The largest absolute Gasteiger partial charge is 0.472 e. The maximum atomic E-state index is 12.5. The van der Waals surface area contributed by atoms with Gasteiger partial charge >= 0.3 is 0 Å². The molecule has 0 saturated carbocycles. The van der Waals surface area contributed by atoms with Gasteiger partial charge in [-0.15, -0.1) is 0 Å². The van der Waals surface area contributed by atoms with Gasteiger partial charge in [-0.25, -0.2) is 0 Å². The summed E-state index contributed by atoms with van der Waals surface area (Å²) in [5.41, 5.74) is 2.09.